The molecular formula is C77H63N3. The highest BCUT2D eigenvalue weighted by molar-refractivity contribution is 5.84. The average molecular weight is 1030 g/mol. The molecular weight excluding hydrogens is 967 g/mol. The van der Waals surface area contributed by atoms with E-state index in [9.17, 15) is 0 Å². The lowest BCUT2D eigenvalue weighted by Crippen LogP contribution is -2.10. The minimum absolute atomic E-state index is 0.154. The molecule has 3 heteroatoms. The van der Waals surface area contributed by atoms with Gasteiger partial charge in [0, 0.05) is 57.1 Å². The number of benzene rings is 12. The zero-order valence-electron chi connectivity index (χ0n) is 45.8. The van der Waals surface area contributed by atoms with Crippen LogP contribution in [0, 0.1) is 27.7 Å². The van der Waals surface area contributed by atoms with Crippen molar-refractivity contribution in [1.82, 2.24) is 0 Å². The molecule has 0 radical (unpaired) electrons. The summed E-state index contributed by atoms with van der Waals surface area (Å²) < 4.78 is 0. The third kappa shape index (κ3) is 11.1. The summed E-state index contributed by atoms with van der Waals surface area (Å²) in [6.45, 7) is 8.64. The van der Waals surface area contributed by atoms with E-state index in [2.05, 4.69) is 346 Å². The van der Waals surface area contributed by atoms with Gasteiger partial charge in [-0.3, -0.25) is 0 Å². The van der Waals surface area contributed by atoms with E-state index in [0.29, 0.717) is 0 Å². The lowest BCUT2D eigenvalue weighted by Gasteiger charge is -2.27. The summed E-state index contributed by atoms with van der Waals surface area (Å²) in [5, 5.41) is 0. The topological polar surface area (TPSA) is 9.72 Å². The Morgan fingerprint density at radius 3 is 0.713 bits per heavy atom. The summed E-state index contributed by atoms with van der Waals surface area (Å²) >= 11 is 0. The van der Waals surface area contributed by atoms with E-state index in [4.69, 9.17) is 0 Å². The van der Waals surface area contributed by atoms with Gasteiger partial charge in [-0.05, 0) is 198 Å². The van der Waals surface area contributed by atoms with Gasteiger partial charge in [0.25, 0.3) is 0 Å². The second kappa shape index (κ2) is 22.9. The van der Waals surface area contributed by atoms with E-state index in [0.717, 1.165) is 67.9 Å². The standard InChI is InChI=1S/C77H63N3/c1-55-15-11-19-66(51-55)77(67-20-12-16-56(2)52-67)65-29-27-59(28-30-65)60-31-41-70(42-32-60)78(68-21-7-5-8-22-68)71-43-33-61(34-44-71)62-35-45-72(46-36-62)79(69-23-9-6-10-24-69)73-47-37-63(38-48-73)64-39-49-74(50-40-64)80(75-25-13-17-57(3)53-75)76-26-14-18-58(4)54-76/h5-54,77H,1-4H3. The molecule has 3 nitrogen and oxygen atoms in total. The highest BCUT2D eigenvalue weighted by Crippen LogP contribution is 2.42. The van der Waals surface area contributed by atoms with Crippen molar-refractivity contribution < 1.29 is 0 Å². The number of rotatable bonds is 15. The lowest BCUT2D eigenvalue weighted by atomic mass is 9.83. The van der Waals surface area contributed by atoms with Crippen molar-refractivity contribution in [3.05, 3.63) is 342 Å². The highest BCUT2D eigenvalue weighted by atomic mass is 15.2. The maximum atomic E-state index is 2.33. The first-order valence-electron chi connectivity index (χ1n) is 27.7. The molecule has 0 aliphatic heterocycles. The molecule has 80 heavy (non-hydrogen) atoms. The van der Waals surface area contributed by atoms with Crippen molar-refractivity contribution in [3.63, 3.8) is 0 Å². The van der Waals surface area contributed by atoms with Gasteiger partial charge in [-0.2, -0.15) is 0 Å². The van der Waals surface area contributed by atoms with Gasteiger partial charge < -0.3 is 14.7 Å². The predicted molar refractivity (Wildman–Crippen MR) is 340 cm³/mol. The highest BCUT2D eigenvalue weighted by Gasteiger charge is 2.20. The molecule has 0 heterocycles. The van der Waals surface area contributed by atoms with Crippen LogP contribution in [0.4, 0.5) is 51.2 Å². The SMILES string of the molecule is Cc1cccc(C(c2ccc(-c3ccc(N(c4ccccc4)c4ccc(-c5ccc(N(c6ccccc6)c6ccc(-c7ccc(N(c8cccc(C)c8)c8cccc(C)c8)cc7)cc6)cc5)cc4)cc3)cc2)c2cccc(C)c2)c1. The molecule has 0 spiro atoms. The van der Waals surface area contributed by atoms with E-state index >= 15 is 0 Å². The molecule has 12 aromatic rings. The number of para-hydroxylation sites is 2. The minimum atomic E-state index is 0.154. The van der Waals surface area contributed by atoms with Crippen LogP contribution in [-0.2, 0) is 0 Å². The number of hydrogen-bond acceptors (Lipinski definition) is 3. The van der Waals surface area contributed by atoms with E-state index in [-0.39, 0.29) is 5.92 Å². The molecule has 12 rings (SSSR count). The second-order valence-corrected chi connectivity index (χ2v) is 21.0. The molecule has 12 aromatic carbocycles. The quantitative estimate of drug-likeness (QED) is 0.0948. The molecule has 0 aliphatic carbocycles. The number of anilines is 9. The third-order valence-electron chi connectivity index (χ3n) is 15.2. The average Bonchev–Trinajstić information content (AvgIpc) is 3.50. The summed E-state index contributed by atoms with van der Waals surface area (Å²) in [6.07, 6.45) is 0. The normalized spacial score (nSPS) is 11.1. The first-order chi connectivity index (χ1) is 39.3. The van der Waals surface area contributed by atoms with Crippen LogP contribution in [0.1, 0.15) is 44.9 Å². The fourth-order valence-corrected chi connectivity index (χ4v) is 11.2. The molecule has 386 valence electrons. The van der Waals surface area contributed by atoms with Gasteiger partial charge >= 0.3 is 0 Å². The zero-order chi connectivity index (χ0) is 54.4. The Kier molecular flexibility index (Phi) is 14.6. The summed E-state index contributed by atoms with van der Waals surface area (Å²) in [7, 11) is 0. The molecule has 0 N–H and O–H groups in total. The predicted octanol–water partition coefficient (Wildman–Crippen LogP) is 21.5. The van der Waals surface area contributed by atoms with Crippen LogP contribution in [0.15, 0.2) is 303 Å². The largest absolute Gasteiger partial charge is 0.311 e. The van der Waals surface area contributed by atoms with Crippen molar-refractivity contribution in [2.24, 2.45) is 0 Å². The summed E-state index contributed by atoms with van der Waals surface area (Å²) in [6, 6.07) is 110. The molecule has 0 aromatic heterocycles. The Hall–Kier alpha value is -9.96. The van der Waals surface area contributed by atoms with Crippen molar-refractivity contribution >= 4 is 51.2 Å². The molecule has 0 saturated carbocycles. The molecule has 0 atom stereocenters. The lowest BCUT2D eigenvalue weighted by molar-refractivity contribution is 0.972. The Morgan fingerprint density at radius 2 is 0.425 bits per heavy atom. The van der Waals surface area contributed by atoms with Gasteiger partial charge in [-0.15, -0.1) is 0 Å². The smallest absolute Gasteiger partial charge is 0.0464 e. The Morgan fingerprint density at radius 1 is 0.188 bits per heavy atom. The van der Waals surface area contributed by atoms with Crippen LogP contribution < -0.4 is 14.7 Å². The van der Waals surface area contributed by atoms with E-state index in [1.807, 2.05) is 0 Å². The van der Waals surface area contributed by atoms with Crippen LogP contribution in [0.5, 0.6) is 0 Å². The molecule has 0 aliphatic rings. The van der Waals surface area contributed by atoms with E-state index < -0.39 is 0 Å². The first-order valence-corrected chi connectivity index (χ1v) is 27.7. The van der Waals surface area contributed by atoms with Gasteiger partial charge in [0.2, 0.25) is 0 Å². The van der Waals surface area contributed by atoms with Crippen LogP contribution >= 0.6 is 0 Å². The maximum Gasteiger partial charge on any atom is 0.0464 e. The van der Waals surface area contributed by atoms with E-state index in [1.165, 1.54) is 55.6 Å². The number of hydrogen-bond donors (Lipinski definition) is 0. The van der Waals surface area contributed by atoms with Gasteiger partial charge in [0.15, 0.2) is 0 Å². The van der Waals surface area contributed by atoms with Crippen LogP contribution in [0.3, 0.4) is 0 Å². The molecule has 0 saturated heterocycles. The molecule has 0 bridgehead atoms. The molecule has 0 fully saturated rings. The van der Waals surface area contributed by atoms with Crippen LogP contribution in [0.2, 0.25) is 0 Å². The Labute approximate surface area is 472 Å². The summed E-state index contributed by atoms with van der Waals surface area (Å²) in [5.41, 5.74) is 25.9. The molecule has 0 unspecified atom stereocenters. The maximum absolute atomic E-state index is 2.33. The van der Waals surface area contributed by atoms with Crippen LogP contribution in [0.25, 0.3) is 33.4 Å². The number of aryl methyl sites for hydroxylation is 4. The fraction of sp³-hybridized carbons (Fsp3) is 0.0649. The van der Waals surface area contributed by atoms with Crippen molar-refractivity contribution in [2.45, 2.75) is 33.6 Å². The fourth-order valence-electron chi connectivity index (χ4n) is 11.2. The van der Waals surface area contributed by atoms with Crippen molar-refractivity contribution in [3.8, 4) is 33.4 Å². The molecule has 0 amide bonds. The van der Waals surface area contributed by atoms with Gasteiger partial charge in [-0.1, -0.05) is 205 Å². The summed E-state index contributed by atoms with van der Waals surface area (Å²) in [4.78, 5) is 6.99. The Bertz CT molecular complexity index is 3640. The Balaban J connectivity index is 0.774. The first kappa shape index (κ1) is 50.8. The summed E-state index contributed by atoms with van der Waals surface area (Å²) in [5.74, 6) is 0.154. The third-order valence-corrected chi connectivity index (χ3v) is 15.2. The van der Waals surface area contributed by atoms with Gasteiger partial charge in [0.1, 0.15) is 0 Å². The van der Waals surface area contributed by atoms with Crippen molar-refractivity contribution in [1.29, 1.82) is 0 Å². The van der Waals surface area contributed by atoms with Gasteiger partial charge in [0.05, 0.1) is 0 Å². The van der Waals surface area contributed by atoms with Crippen LogP contribution in [-0.4, -0.2) is 0 Å². The minimum Gasteiger partial charge on any atom is -0.311 e. The van der Waals surface area contributed by atoms with E-state index in [1.54, 1.807) is 0 Å². The second-order valence-electron chi connectivity index (χ2n) is 21.0. The van der Waals surface area contributed by atoms with Crippen molar-refractivity contribution in [2.75, 3.05) is 14.7 Å². The monoisotopic (exact) mass is 1030 g/mol. The number of nitrogens with zero attached hydrogens (tertiary/aromatic N) is 3. The van der Waals surface area contributed by atoms with Gasteiger partial charge in [-0.25, -0.2) is 0 Å². The zero-order valence-corrected chi connectivity index (χ0v) is 45.8.